The summed E-state index contributed by atoms with van der Waals surface area (Å²) in [7, 11) is 1.39. The highest BCUT2D eigenvalue weighted by atomic mass is 16.6. The average Bonchev–Trinajstić information content (AvgIpc) is 2.71. The molecule has 0 aliphatic rings. The van der Waals surface area contributed by atoms with Gasteiger partial charge in [-0.25, -0.2) is 9.59 Å². The number of benzene rings is 2. The lowest BCUT2D eigenvalue weighted by Gasteiger charge is -2.31. The average molecular weight is 413 g/mol. The van der Waals surface area contributed by atoms with Crippen molar-refractivity contribution in [2.45, 2.75) is 20.0 Å². The van der Waals surface area contributed by atoms with Gasteiger partial charge in [-0.3, -0.25) is 10.1 Å². The standard InChI is InChI=1S/C22H23NO7/c1-22(2,12-11-18(25)26)19(15-9-10-17(29-3)16(24)13-15)30-21(28)23-20(27)14-7-5-4-6-8-14/h4-13,19,24H,1-3H3,(H,25,26)(H,23,27,28)/b12-11+/t19-/m1/s1. The number of aromatic hydroxyl groups is 1. The Labute approximate surface area is 173 Å². The third-order valence-electron chi connectivity index (χ3n) is 4.31. The molecule has 2 amide bonds. The smallest absolute Gasteiger partial charge is 0.414 e. The van der Waals surface area contributed by atoms with Crippen LogP contribution in [0.25, 0.3) is 0 Å². The van der Waals surface area contributed by atoms with Gasteiger partial charge in [-0.05, 0) is 29.8 Å². The van der Waals surface area contributed by atoms with Gasteiger partial charge in [0, 0.05) is 17.1 Å². The fraction of sp³-hybridized carbons (Fsp3) is 0.227. The zero-order valence-electron chi connectivity index (χ0n) is 16.8. The molecule has 8 heteroatoms. The van der Waals surface area contributed by atoms with E-state index in [1.165, 1.54) is 25.3 Å². The monoisotopic (exact) mass is 413 g/mol. The maximum atomic E-state index is 12.4. The first-order chi connectivity index (χ1) is 14.1. The van der Waals surface area contributed by atoms with Gasteiger partial charge in [0.05, 0.1) is 7.11 Å². The minimum Gasteiger partial charge on any atom is -0.504 e. The van der Waals surface area contributed by atoms with Crippen molar-refractivity contribution in [2.75, 3.05) is 7.11 Å². The van der Waals surface area contributed by atoms with Gasteiger partial charge in [0.15, 0.2) is 11.5 Å². The Morgan fingerprint density at radius 1 is 1.10 bits per heavy atom. The molecule has 0 saturated heterocycles. The fourth-order valence-corrected chi connectivity index (χ4v) is 2.78. The van der Waals surface area contributed by atoms with Crippen molar-refractivity contribution in [3.8, 4) is 11.5 Å². The van der Waals surface area contributed by atoms with Crippen LogP contribution in [0.5, 0.6) is 11.5 Å². The number of phenolic OH excluding ortho intramolecular Hbond substituents is 1. The molecule has 0 unspecified atom stereocenters. The summed E-state index contributed by atoms with van der Waals surface area (Å²) in [6.07, 6.45) is 0.273. The number of alkyl carbamates (subject to hydrolysis) is 1. The largest absolute Gasteiger partial charge is 0.504 e. The molecule has 0 aliphatic carbocycles. The van der Waals surface area contributed by atoms with Crippen LogP contribution in [-0.4, -0.2) is 35.3 Å². The zero-order chi connectivity index (χ0) is 22.3. The number of carboxylic acids is 1. The quantitative estimate of drug-likeness (QED) is 0.592. The number of methoxy groups -OCH3 is 1. The molecule has 0 aliphatic heterocycles. The molecule has 0 aromatic heterocycles. The number of carbonyl (C=O) groups excluding carboxylic acids is 2. The topological polar surface area (TPSA) is 122 Å². The predicted octanol–water partition coefficient (Wildman–Crippen LogP) is 3.68. The van der Waals surface area contributed by atoms with Crippen LogP contribution in [0, 0.1) is 5.41 Å². The number of imide groups is 1. The van der Waals surface area contributed by atoms with E-state index in [1.807, 2.05) is 0 Å². The lowest BCUT2D eigenvalue weighted by atomic mass is 9.82. The molecule has 1 atom stereocenters. The van der Waals surface area contributed by atoms with E-state index < -0.39 is 29.5 Å². The number of amides is 2. The second kappa shape index (κ2) is 9.60. The molecular formula is C22H23NO7. The number of nitrogens with one attached hydrogen (secondary N) is 1. The molecule has 2 aromatic carbocycles. The molecule has 158 valence electrons. The van der Waals surface area contributed by atoms with E-state index in [0.717, 1.165) is 6.08 Å². The maximum Gasteiger partial charge on any atom is 0.414 e. The van der Waals surface area contributed by atoms with Crippen molar-refractivity contribution in [3.05, 3.63) is 71.8 Å². The van der Waals surface area contributed by atoms with E-state index in [-0.39, 0.29) is 17.1 Å². The van der Waals surface area contributed by atoms with Gasteiger partial charge >= 0.3 is 12.1 Å². The van der Waals surface area contributed by atoms with E-state index in [0.29, 0.717) is 5.56 Å². The number of aliphatic carboxylic acids is 1. The van der Waals surface area contributed by atoms with E-state index in [1.54, 1.807) is 50.2 Å². The molecule has 2 aromatic rings. The van der Waals surface area contributed by atoms with Crippen LogP contribution >= 0.6 is 0 Å². The number of phenols is 1. The number of hydrogen-bond acceptors (Lipinski definition) is 6. The Bertz CT molecular complexity index is 951. The first-order valence-corrected chi connectivity index (χ1v) is 9.00. The minimum absolute atomic E-state index is 0.178. The Morgan fingerprint density at radius 3 is 2.33 bits per heavy atom. The fourth-order valence-electron chi connectivity index (χ4n) is 2.78. The van der Waals surface area contributed by atoms with Gasteiger partial charge in [0.1, 0.15) is 6.10 Å². The van der Waals surface area contributed by atoms with Crippen LogP contribution in [0.1, 0.15) is 35.9 Å². The summed E-state index contributed by atoms with van der Waals surface area (Å²) in [5.41, 5.74) is -0.333. The van der Waals surface area contributed by atoms with Gasteiger partial charge in [0.25, 0.3) is 5.91 Å². The normalized spacial score (nSPS) is 12.2. The molecule has 0 fully saturated rings. The zero-order valence-corrected chi connectivity index (χ0v) is 16.8. The molecule has 3 N–H and O–H groups in total. The molecule has 0 bridgehead atoms. The Balaban J connectivity index is 2.31. The molecule has 30 heavy (non-hydrogen) atoms. The van der Waals surface area contributed by atoms with Crippen molar-refractivity contribution >= 4 is 18.0 Å². The summed E-state index contributed by atoms with van der Waals surface area (Å²) in [4.78, 5) is 35.6. The van der Waals surface area contributed by atoms with Crippen molar-refractivity contribution < 1.29 is 34.1 Å². The SMILES string of the molecule is COc1ccc([C@@H](OC(=O)NC(=O)c2ccccc2)C(C)(C)/C=C/C(=O)O)cc1O. The number of hydrogen-bond donors (Lipinski definition) is 3. The molecule has 2 rings (SSSR count). The predicted molar refractivity (Wildman–Crippen MR) is 108 cm³/mol. The summed E-state index contributed by atoms with van der Waals surface area (Å²) in [5, 5.41) is 21.2. The summed E-state index contributed by atoms with van der Waals surface area (Å²) in [6.45, 7) is 3.31. The third kappa shape index (κ3) is 5.84. The molecule has 8 nitrogen and oxygen atoms in total. The van der Waals surface area contributed by atoms with Gasteiger partial charge in [-0.2, -0.15) is 0 Å². The van der Waals surface area contributed by atoms with Crippen molar-refractivity contribution in [2.24, 2.45) is 5.41 Å². The summed E-state index contributed by atoms with van der Waals surface area (Å²) in [6, 6.07) is 12.6. The van der Waals surface area contributed by atoms with Crippen LogP contribution in [0.2, 0.25) is 0 Å². The maximum absolute atomic E-state index is 12.4. The lowest BCUT2D eigenvalue weighted by molar-refractivity contribution is -0.131. The first kappa shape index (κ1) is 22.5. The van der Waals surface area contributed by atoms with Gasteiger partial charge in [-0.1, -0.05) is 44.2 Å². The van der Waals surface area contributed by atoms with Crippen LogP contribution in [0.3, 0.4) is 0 Å². The van der Waals surface area contributed by atoms with Gasteiger partial charge in [0.2, 0.25) is 0 Å². The summed E-state index contributed by atoms with van der Waals surface area (Å²) in [5.74, 6) is -1.76. The number of carboxylic acid groups (broad SMARTS) is 1. The molecule has 0 heterocycles. The number of rotatable bonds is 7. The Hall–Kier alpha value is -3.81. The molecule has 0 saturated carbocycles. The van der Waals surface area contributed by atoms with E-state index >= 15 is 0 Å². The Kier molecular flexibility index (Phi) is 7.19. The van der Waals surface area contributed by atoms with Crippen molar-refractivity contribution in [3.63, 3.8) is 0 Å². The highest BCUT2D eigenvalue weighted by Gasteiger charge is 2.33. The van der Waals surface area contributed by atoms with Gasteiger partial charge < -0.3 is 19.7 Å². The van der Waals surface area contributed by atoms with Crippen molar-refractivity contribution in [1.29, 1.82) is 0 Å². The Morgan fingerprint density at radius 2 is 1.77 bits per heavy atom. The third-order valence-corrected chi connectivity index (χ3v) is 4.31. The second-order valence-electron chi connectivity index (χ2n) is 7.03. The first-order valence-electron chi connectivity index (χ1n) is 9.00. The van der Waals surface area contributed by atoms with Gasteiger partial charge in [-0.15, -0.1) is 0 Å². The highest BCUT2D eigenvalue weighted by molar-refractivity contribution is 6.02. The highest BCUT2D eigenvalue weighted by Crippen LogP contribution is 2.40. The molecule has 0 radical (unpaired) electrons. The van der Waals surface area contributed by atoms with Crippen molar-refractivity contribution in [1.82, 2.24) is 5.32 Å². The molecular weight excluding hydrogens is 390 g/mol. The van der Waals surface area contributed by atoms with Crippen LogP contribution in [0.4, 0.5) is 4.79 Å². The van der Waals surface area contributed by atoms with E-state index in [2.05, 4.69) is 5.32 Å². The van der Waals surface area contributed by atoms with Crippen LogP contribution in [-0.2, 0) is 9.53 Å². The number of ether oxygens (including phenoxy) is 2. The van der Waals surface area contributed by atoms with E-state index in [9.17, 15) is 19.5 Å². The van der Waals surface area contributed by atoms with Crippen LogP contribution < -0.4 is 10.1 Å². The summed E-state index contributed by atoms with van der Waals surface area (Å²) < 4.78 is 10.5. The molecule has 0 spiro atoms. The lowest BCUT2D eigenvalue weighted by Crippen LogP contribution is -2.35. The minimum atomic E-state index is -1.16. The summed E-state index contributed by atoms with van der Waals surface area (Å²) >= 11 is 0. The van der Waals surface area contributed by atoms with E-state index in [4.69, 9.17) is 14.6 Å². The van der Waals surface area contributed by atoms with Crippen LogP contribution in [0.15, 0.2) is 60.7 Å². The number of carbonyl (C=O) groups is 3. The second-order valence-corrected chi connectivity index (χ2v) is 7.03.